The molecule has 1 N–H and O–H groups in total. The van der Waals surface area contributed by atoms with Gasteiger partial charge >= 0.3 is 0 Å². The summed E-state index contributed by atoms with van der Waals surface area (Å²) in [5.74, 6) is -0.180. The number of thiophene rings is 1. The van der Waals surface area contributed by atoms with E-state index >= 15 is 0 Å². The molecule has 1 aliphatic carbocycles. The van der Waals surface area contributed by atoms with Gasteiger partial charge in [-0.2, -0.15) is 0 Å². The quantitative estimate of drug-likeness (QED) is 0.472. The van der Waals surface area contributed by atoms with Gasteiger partial charge in [0.25, 0.3) is 11.8 Å². The molecule has 1 aromatic heterocycles. The third-order valence-electron chi connectivity index (χ3n) is 6.52. The van der Waals surface area contributed by atoms with E-state index in [0.29, 0.717) is 29.4 Å². The zero-order valence-electron chi connectivity index (χ0n) is 19.5. The lowest BCUT2D eigenvalue weighted by Gasteiger charge is -2.15. The first kappa shape index (κ1) is 22.5. The van der Waals surface area contributed by atoms with E-state index in [0.717, 1.165) is 60.9 Å². The normalized spacial score (nSPS) is 16.0. The van der Waals surface area contributed by atoms with Crippen molar-refractivity contribution in [2.24, 2.45) is 4.99 Å². The Morgan fingerprint density at radius 3 is 2.65 bits per heavy atom. The number of nitrogens with one attached hydrogen (secondary N) is 1. The molecule has 3 aromatic rings. The number of rotatable bonds is 7. The number of aliphatic imine (C=N–C) groups is 1. The highest BCUT2D eigenvalue weighted by Crippen LogP contribution is 2.41. The van der Waals surface area contributed by atoms with Crippen LogP contribution in [0.5, 0.6) is 0 Å². The molecule has 2 aliphatic rings. The van der Waals surface area contributed by atoms with Gasteiger partial charge in [-0.15, -0.1) is 11.3 Å². The minimum absolute atomic E-state index is 0.0725. The van der Waals surface area contributed by atoms with Crippen LogP contribution in [0.2, 0.25) is 0 Å². The molecule has 6 heteroatoms. The van der Waals surface area contributed by atoms with E-state index in [1.165, 1.54) is 4.88 Å². The maximum atomic E-state index is 13.4. The van der Waals surface area contributed by atoms with Gasteiger partial charge in [-0.05, 0) is 49.3 Å². The maximum Gasteiger partial charge on any atom is 0.277 e. The first-order valence-corrected chi connectivity index (χ1v) is 13.0. The van der Waals surface area contributed by atoms with E-state index in [1.54, 1.807) is 11.3 Å². The number of carbonyl (C=O) groups is 2. The number of benzene rings is 2. The first-order valence-electron chi connectivity index (χ1n) is 12.1. The molecule has 0 saturated heterocycles. The van der Waals surface area contributed by atoms with Gasteiger partial charge in [0.2, 0.25) is 0 Å². The fourth-order valence-electron chi connectivity index (χ4n) is 4.74. The summed E-state index contributed by atoms with van der Waals surface area (Å²) in [7, 11) is 0. The molecule has 2 amide bonds. The average Bonchev–Trinajstić information content (AvgIpc) is 3.37. The average molecular weight is 472 g/mol. The zero-order chi connectivity index (χ0) is 23.5. The Labute approximate surface area is 204 Å². The highest BCUT2D eigenvalue weighted by Gasteiger charge is 2.34. The number of fused-ring (bicyclic) bond motifs is 2. The molecule has 0 atom stereocenters. The minimum Gasteiger partial charge on any atom is -0.348 e. The van der Waals surface area contributed by atoms with Crippen molar-refractivity contribution in [1.82, 2.24) is 5.32 Å². The van der Waals surface area contributed by atoms with Gasteiger partial charge in [-0.1, -0.05) is 61.9 Å². The summed E-state index contributed by atoms with van der Waals surface area (Å²) in [6.45, 7) is 3.27. The van der Waals surface area contributed by atoms with Crippen molar-refractivity contribution in [1.29, 1.82) is 0 Å². The Kier molecular flexibility index (Phi) is 6.59. The SMILES string of the molecule is CCCCN1C(=O)C(=Nc2sc3c(c2C(=O)NCc2ccccc2)CCCC3)c2ccccc21. The van der Waals surface area contributed by atoms with Crippen molar-refractivity contribution in [2.75, 3.05) is 11.4 Å². The van der Waals surface area contributed by atoms with Crippen LogP contribution < -0.4 is 10.2 Å². The lowest BCUT2D eigenvalue weighted by Crippen LogP contribution is -2.31. The molecule has 2 aromatic carbocycles. The van der Waals surface area contributed by atoms with Crippen LogP contribution in [0.15, 0.2) is 59.6 Å². The molecule has 0 saturated carbocycles. The second-order valence-corrected chi connectivity index (χ2v) is 9.93. The summed E-state index contributed by atoms with van der Waals surface area (Å²) in [5, 5.41) is 3.75. The number of hydrogen-bond donors (Lipinski definition) is 1. The number of amides is 2. The van der Waals surface area contributed by atoms with Gasteiger partial charge in [0, 0.05) is 23.5 Å². The fourth-order valence-corrected chi connectivity index (χ4v) is 6.00. The van der Waals surface area contributed by atoms with Gasteiger partial charge in [0.05, 0.1) is 11.3 Å². The topological polar surface area (TPSA) is 61.8 Å². The molecule has 2 heterocycles. The first-order chi connectivity index (χ1) is 16.7. The Balaban J connectivity index is 1.52. The number of hydrogen-bond acceptors (Lipinski definition) is 4. The van der Waals surface area contributed by atoms with Crippen LogP contribution in [-0.4, -0.2) is 24.1 Å². The molecule has 0 radical (unpaired) electrons. The van der Waals surface area contributed by atoms with Crippen molar-refractivity contribution in [2.45, 2.75) is 52.0 Å². The van der Waals surface area contributed by atoms with E-state index < -0.39 is 0 Å². The van der Waals surface area contributed by atoms with Crippen LogP contribution in [0.4, 0.5) is 10.7 Å². The van der Waals surface area contributed by atoms with Gasteiger partial charge in [0.1, 0.15) is 10.7 Å². The van der Waals surface area contributed by atoms with E-state index in [2.05, 4.69) is 12.2 Å². The van der Waals surface area contributed by atoms with Crippen LogP contribution in [0.25, 0.3) is 0 Å². The Morgan fingerprint density at radius 1 is 1.06 bits per heavy atom. The van der Waals surface area contributed by atoms with Crippen molar-refractivity contribution in [3.8, 4) is 0 Å². The van der Waals surface area contributed by atoms with Crippen LogP contribution >= 0.6 is 11.3 Å². The minimum atomic E-state index is -0.107. The van der Waals surface area contributed by atoms with E-state index in [9.17, 15) is 9.59 Å². The molecule has 1 aliphatic heterocycles. The van der Waals surface area contributed by atoms with Gasteiger partial charge < -0.3 is 10.2 Å². The van der Waals surface area contributed by atoms with E-state index in [4.69, 9.17) is 4.99 Å². The molecule has 0 fully saturated rings. The summed E-state index contributed by atoms with van der Waals surface area (Å²) >= 11 is 1.58. The van der Waals surface area contributed by atoms with Crippen molar-refractivity contribution in [3.63, 3.8) is 0 Å². The summed E-state index contributed by atoms with van der Waals surface area (Å²) < 4.78 is 0. The van der Waals surface area contributed by atoms with Crippen molar-refractivity contribution >= 4 is 39.6 Å². The molecule has 0 spiro atoms. The molecule has 5 nitrogen and oxygen atoms in total. The molecule has 5 rings (SSSR count). The van der Waals surface area contributed by atoms with Gasteiger partial charge in [-0.3, -0.25) is 9.59 Å². The smallest absolute Gasteiger partial charge is 0.277 e. The molecule has 34 heavy (non-hydrogen) atoms. The number of unbranched alkanes of at least 4 members (excludes halogenated alkanes) is 1. The Morgan fingerprint density at radius 2 is 1.82 bits per heavy atom. The predicted octanol–water partition coefficient (Wildman–Crippen LogP) is 5.82. The summed E-state index contributed by atoms with van der Waals surface area (Å²) in [4.78, 5) is 34.8. The van der Waals surface area contributed by atoms with Gasteiger partial charge in [0.15, 0.2) is 0 Å². The number of anilines is 1. The van der Waals surface area contributed by atoms with Gasteiger partial charge in [-0.25, -0.2) is 4.99 Å². The Hall–Kier alpha value is -3.25. The zero-order valence-corrected chi connectivity index (χ0v) is 20.3. The number of carbonyl (C=O) groups excluding carboxylic acids is 2. The lowest BCUT2D eigenvalue weighted by molar-refractivity contribution is -0.112. The number of nitrogens with zero attached hydrogens (tertiary/aromatic N) is 2. The molecular formula is C28H29N3O2S. The van der Waals surface area contributed by atoms with Crippen LogP contribution in [0.1, 0.15) is 64.5 Å². The van der Waals surface area contributed by atoms with Crippen LogP contribution in [0.3, 0.4) is 0 Å². The molecular weight excluding hydrogens is 442 g/mol. The van der Waals surface area contributed by atoms with E-state index in [1.807, 2.05) is 59.5 Å². The third-order valence-corrected chi connectivity index (χ3v) is 7.71. The van der Waals surface area contributed by atoms with Crippen LogP contribution in [-0.2, 0) is 24.2 Å². The third kappa shape index (κ3) is 4.30. The van der Waals surface area contributed by atoms with Crippen molar-refractivity contribution < 1.29 is 9.59 Å². The molecule has 0 bridgehead atoms. The summed E-state index contributed by atoms with van der Waals surface area (Å²) in [6, 6.07) is 17.8. The predicted molar refractivity (Wildman–Crippen MR) is 138 cm³/mol. The largest absolute Gasteiger partial charge is 0.348 e. The van der Waals surface area contributed by atoms with Crippen LogP contribution in [0, 0.1) is 0 Å². The highest BCUT2D eigenvalue weighted by molar-refractivity contribution is 7.16. The van der Waals surface area contributed by atoms with Crippen molar-refractivity contribution in [3.05, 3.63) is 81.7 Å². The summed E-state index contributed by atoms with van der Waals surface area (Å²) in [5.41, 5.74) is 5.03. The standard InChI is InChI=1S/C28H29N3O2S/c1-2-3-17-31-22-15-9-7-13-20(22)25(28(31)33)30-27-24(21-14-8-10-16-23(21)34-27)26(32)29-18-19-11-5-4-6-12-19/h4-7,9,11-13,15H,2-3,8,10,14,16-18H2,1H3,(H,29,32). The monoisotopic (exact) mass is 471 g/mol. The molecule has 174 valence electrons. The lowest BCUT2D eigenvalue weighted by atomic mass is 9.95. The maximum absolute atomic E-state index is 13.4. The Bertz CT molecular complexity index is 1250. The number of aryl methyl sites for hydroxylation is 1. The summed E-state index contributed by atoms with van der Waals surface area (Å²) in [6.07, 6.45) is 6.01. The highest BCUT2D eigenvalue weighted by atomic mass is 32.1. The fraction of sp³-hybridized carbons (Fsp3) is 0.321. The second-order valence-electron chi connectivity index (χ2n) is 8.85. The number of para-hydroxylation sites is 1. The van der Waals surface area contributed by atoms with E-state index in [-0.39, 0.29) is 11.8 Å². The molecule has 0 unspecified atom stereocenters. The second kappa shape index (κ2) is 9.94.